The van der Waals surface area contributed by atoms with Crippen LogP contribution in [0.1, 0.15) is 39.7 Å². The van der Waals surface area contributed by atoms with Gasteiger partial charge in [-0.2, -0.15) is 4.80 Å². The van der Waals surface area contributed by atoms with Gasteiger partial charge in [-0.3, -0.25) is 14.5 Å². The van der Waals surface area contributed by atoms with E-state index >= 15 is 0 Å². The predicted molar refractivity (Wildman–Crippen MR) is 124 cm³/mol. The first-order chi connectivity index (χ1) is 15.6. The highest BCUT2D eigenvalue weighted by atomic mass is 19.1. The van der Waals surface area contributed by atoms with E-state index in [0.29, 0.717) is 17.9 Å². The number of nitrogens with zero attached hydrogens (tertiary/aromatic N) is 5. The van der Waals surface area contributed by atoms with Gasteiger partial charge in [-0.05, 0) is 63.6 Å². The molecule has 0 fully saturated rings. The Balaban J connectivity index is 1.88. The number of nitrogens with one attached hydrogen (secondary N) is 1. The lowest BCUT2D eigenvalue weighted by molar-refractivity contribution is -0.128. The molecule has 0 aliphatic heterocycles. The Kier molecular flexibility index (Phi) is 7.20. The molecule has 0 bridgehead atoms. The molecule has 0 unspecified atom stereocenters. The lowest BCUT2D eigenvalue weighted by atomic mass is 10.1. The molecule has 1 atom stereocenters. The summed E-state index contributed by atoms with van der Waals surface area (Å²) < 4.78 is 13.5. The number of benzene rings is 2. The maximum atomic E-state index is 13.5. The van der Waals surface area contributed by atoms with E-state index in [0.717, 1.165) is 11.1 Å². The second-order valence-electron chi connectivity index (χ2n) is 8.91. The van der Waals surface area contributed by atoms with Crippen LogP contribution in [0.15, 0.2) is 48.5 Å². The van der Waals surface area contributed by atoms with Gasteiger partial charge in [0.2, 0.25) is 11.7 Å². The zero-order valence-corrected chi connectivity index (χ0v) is 19.5. The maximum Gasteiger partial charge on any atom is 0.251 e. The molecule has 2 amide bonds. The summed E-state index contributed by atoms with van der Waals surface area (Å²) in [5, 5.41) is 15.3. The van der Waals surface area contributed by atoms with E-state index < -0.39 is 23.3 Å². The lowest BCUT2D eigenvalue weighted by Gasteiger charge is -2.32. The summed E-state index contributed by atoms with van der Waals surface area (Å²) in [5.74, 6) is -0.743. The number of carbonyl (C=O) groups excluding carboxylic acids is 2. The zero-order valence-electron chi connectivity index (χ0n) is 19.5. The Hall–Kier alpha value is -3.62. The fraction of sp³-hybridized carbons (Fsp3) is 0.375. The van der Waals surface area contributed by atoms with Crippen molar-refractivity contribution in [2.45, 2.75) is 59.2 Å². The molecule has 1 N–H and O–H groups in total. The summed E-state index contributed by atoms with van der Waals surface area (Å²) in [7, 11) is 0. The average Bonchev–Trinajstić information content (AvgIpc) is 3.20. The van der Waals surface area contributed by atoms with Gasteiger partial charge in [-0.1, -0.05) is 36.8 Å². The molecule has 9 heteroatoms. The average molecular weight is 453 g/mol. The first kappa shape index (κ1) is 24.0. The third-order valence-corrected chi connectivity index (χ3v) is 4.91. The van der Waals surface area contributed by atoms with Crippen LogP contribution in [-0.2, 0) is 16.1 Å². The molecule has 0 aliphatic carbocycles. The summed E-state index contributed by atoms with van der Waals surface area (Å²) in [6, 6.07) is 12.3. The van der Waals surface area contributed by atoms with Crippen LogP contribution in [0.25, 0.3) is 11.4 Å². The fourth-order valence-electron chi connectivity index (χ4n) is 3.36. The number of hydrogen-bond acceptors (Lipinski definition) is 5. The van der Waals surface area contributed by atoms with Crippen LogP contribution in [0.4, 0.5) is 10.1 Å². The van der Waals surface area contributed by atoms with Crippen LogP contribution < -0.4 is 10.2 Å². The number of tetrazole rings is 1. The summed E-state index contributed by atoms with van der Waals surface area (Å²) in [4.78, 5) is 29.0. The minimum Gasteiger partial charge on any atom is -0.350 e. The third kappa shape index (κ3) is 6.21. The zero-order chi connectivity index (χ0) is 24.2. The number of rotatable bonds is 7. The topological polar surface area (TPSA) is 93.0 Å². The normalized spacial score (nSPS) is 12.3. The first-order valence-corrected chi connectivity index (χ1v) is 10.8. The van der Waals surface area contributed by atoms with Crippen molar-refractivity contribution >= 4 is 17.5 Å². The van der Waals surface area contributed by atoms with Crippen molar-refractivity contribution in [3.8, 4) is 11.4 Å². The molecule has 3 aromatic rings. The minimum absolute atomic E-state index is 0.227. The number of hydrogen-bond donors (Lipinski definition) is 1. The van der Waals surface area contributed by atoms with E-state index in [1.165, 1.54) is 34.0 Å². The molecule has 1 aromatic heterocycles. The fourth-order valence-corrected chi connectivity index (χ4v) is 3.36. The van der Waals surface area contributed by atoms with Crippen molar-refractivity contribution in [3.05, 3.63) is 59.9 Å². The van der Waals surface area contributed by atoms with Crippen LogP contribution >= 0.6 is 0 Å². The van der Waals surface area contributed by atoms with Gasteiger partial charge in [0.05, 0.1) is 0 Å². The van der Waals surface area contributed by atoms with Gasteiger partial charge >= 0.3 is 0 Å². The summed E-state index contributed by atoms with van der Waals surface area (Å²) in [6.07, 6.45) is 0.366. The van der Waals surface area contributed by atoms with E-state index in [2.05, 4.69) is 20.7 Å². The van der Waals surface area contributed by atoms with E-state index in [-0.39, 0.29) is 12.5 Å². The van der Waals surface area contributed by atoms with Gasteiger partial charge < -0.3 is 5.32 Å². The third-order valence-electron chi connectivity index (χ3n) is 4.91. The standard InChI is InChI=1S/C24H29FN6O2/c1-6-20(23(33)26-24(3,4)5)31(19-13-11-18(25)12-14-19)21(32)15-30-28-22(27-29-30)17-9-7-16(2)8-10-17/h7-14,20H,6,15H2,1-5H3,(H,26,33)/t20-/m0/s1. The molecular formula is C24H29FN6O2. The second-order valence-corrected chi connectivity index (χ2v) is 8.91. The highest BCUT2D eigenvalue weighted by Gasteiger charge is 2.32. The molecule has 1 heterocycles. The Morgan fingerprint density at radius 3 is 2.30 bits per heavy atom. The molecular weight excluding hydrogens is 423 g/mol. The van der Waals surface area contributed by atoms with Gasteiger partial charge in [0, 0.05) is 16.8 Å². The summed E-state index contributed by atoms with van der Waals surface area (Å²) >= 11 is 0. The Morgan fingerprint density at radius 1 is 1.09 bits per heavy atom. The molecule has 0 aliphatic rings. The van der Waals surface area contributed by atoms with E-state index in [9.17, 15) is 14.0 Å². The molecule has 0 radical (unpaired) electrons. The molecule has 2 aromatic carbocycles. The second kappa shape index (κ2) is 9.89. The largest absolute Gasteiger partial charge is 0.350 e. The Bertz CT molecular complexity index is 1100. The lowest BCUT2D eigenvalue weighted by Crippen LogP contribution is -2.54. The molecule has 0 saturated heterocycles. The van der Waals surface area contributed by atoms with Crippen LogP contribution in [0.5, 0.6) is 0 Å². The highest BCUT2D eigenvalue weighted by molar-refractivity contribution is 6.00. The minimum atomic E-state index is -0.790. The SMILES string of the molecule is CC[C@@H](C(=O)NC(C)(C)C)N(C(=O)Cn1nnc(-c2ccc(C)cc2)n1)c1ccc(F)cc1. The first-order valence-electron chi connectivity index (χ1n) is 10.8. The van der Waals surface area contributed by atoms with E-state index in [1.807, 2.05) is 58.9 Å². The molecule has 174 valence electrons. The number of halogens is 1. The van der Waals surface area contributed by atoms with Crippen LogP contribution in [0, 0.1) is 12.7 Å². The van der Waals surface area contributed by atoms with Crippen LogP contribution in [-0.4, -0.2) is 43.6 Å². The van der Waals surface area contributed by atoms with Crippen molar-refractivity contribution in [2.75, 3.05) is 4.90 Å². The van der Waals surface area contributed by atoms with Crippen molar-refractivity contribution in [3.63, 3.8) is 0 Å². The van der Waals surface area contributed by atoms with E-state index in [1.54, 1.807) is 0 Å². The quantitative estimate of drug-likeness (QED) is 0.592. The summed E-state index contributed by atoms with van der Waals surface area (Å²) in [6.45, 7) is 9.18. The maximum absolute atomic E-state index is 13.5. The number of aromatic nitrogens is 4. The monoisotopic (exact) mass is 452 g/mol. The number of amides is 2. The Labute approximate surface area is 192 Å². The van der Waals surface area contributed by atoms with Crippen molar-refractivity contribution in [1.29, 1.82) is 0 Å². The number of carbonyl (C=O) groups is 2. The molecule has 3 rings (SSSR count). The number of anilines is 1. The van der Waals surface area contributed by atoms with Gasteiger partial charge in [0.15, 0.2) is 0 Å². The van der Waals surface area contributed by atoms with Crippen LogP contribution in [0.3, 0.4) is 0 Å². The van der Waals surface area contributed by atoms with E-state index in [4.69, 9.17) is 0 Å². The predicted octanol–water partition coefficient (Wildman–Crippen LogP) is 3.51. The smallest absolute Gasteiger partial charge is 0.251 e. The molecule has 8 nitrogen and oxygen atoms in total. The highest BCUT2D eigenvalue weighted by Crippen LogP contribution is 2.21. The molecule has 0 saturated carbocycles. The summed E-state index contributed by atoms with van der Waals surface area (Å²) in [5.41, 5.74) is 1.83. The number of aryl methyl sites for hydroxylation is 1. The molecule has 33 heavy (non-hydrogen) atoms. The van der Waals surface area contributed by atoms with Gasteiger partial charge in [-0.15, -0.1) is 10.2 Å². The van der Waals surface area contributed by atoms with Crippen molar-refractivity contribution < 1.29 is 14.0 Å². The molecule has 0 spiro atoms. The van der Waals surface area contributed by atoms with Crippen molar-refractivity contribution in [2.24, 2.45) is 0 Å². The Morgan fingerprint density at radius 2 is 1.73 bits per heavy atom. The van der Waals surface area contributed by atoms with Gasteiger partial charge in [0.1, 0.15) is 18.4 Å². The van der Waals surface area contributed by atoms with Crippen LogP contribution in [0.2, 0.25) is 0 Å². The van der Waals surface area contributed by atoms with Gasteiger partial charge in [0.25, 0.3) is 5.91 Å². The van der Waals surface area contributed by atoms with Crippen molar-refractivity contribution in [1.82, 2.24) is 25.5 Å². The van der Waals surface area contributed by atoms with Gasteiger partial charge in [-0.25, -0.2) is 4.39 Å².